The summed E-state index contributed by atoms with van der Waals surface area (Å²) in [5.41, 5.74) is 2.45. The highest BCUT2D eigenvalue weighted by molar-refractivity contribution is 6.36. The molecule has 1 aromatic heterocycles. The summed E-state index contributed by atoms with van der Waals surface area (Å²) in [6.45, 7) is 1.93. The number of hydrogen-bond acceptors (Lipinski definition) is 3. The maximum Gasteiger partial charge on any atom is 0.293 e. The van der Waals surface area contributed by atoms with Gasteiger partial charge in [-0.05, 0) is 19.1 Å². The topological polar surface area (TPSA) is 82.2 Å². The molecule has 0 radical (unpaired) electrons. The molecule has 0 spiro atoms. The summed E-state index contributed by atoms with van der Waals surface area (Å²) in [6.07, 6.45) is 1.62. The molecule has 0 atom stereocenters. The van der Waals surface area contributed by atoms with Gasteiger partial charge in [0.15, 0.2) is 5.76 Å². The quantitative estimate of drug-likeness (QED) is 0.661. The summed E-state index contributed by atoms with van der Waals surface area (Å²) < 4.78 is 0. The Morgan fingerprint density at radius 2 is 1.94 bits per heavy atom. The highest BCUT2D eigenvalue weighted by Gasteiger charge is 2.32. The summed E-state index contributed by atoms with van der Waals surface area (Å²) in [7, 11) is 0. The minimum atomic E-state index is -0.753. The van der Waals surface area contributed by atoms with Gasteiger partial charge in [0.2, 0.25) is 0 Å². The Kier molecular flexibility index (Phi) is 2.04. The fraction of sp³-hybridized carbons (Fsp3) is 0.0769. The minimum absolute atomic E-state index is 0.0249. The van der Waals surface area contributed by atoms with Crippen LogP contribution in [-0.4, -0.2) is 21.9 Å². The number of carbonyl (C=O) groups is 2. The third-order valence-corrected chi connectivity index (χ3v) is 3.01. The fourth-order valence-electron chi connectivity index (χ4n) is 2.14. The first-order chi connectivity index (χ1) is 8.58. The molecular weight excluding hydrogens is 232 g/mol. The van der Waals surface area contributed by atoms with Crippen LogP contribution in [0.4, 0.5) is 0 Å². The molecule has 0 saturated heterocycles. The van der Waals surface area contributed by atoms with E-state index in [9.17, 15) is 14.7 Å². The summed E-state index contributed by atoms with van der Waals surface area (Å²) in [6, 6.07) is 5.73. The largest absolute Gasteiger partial charge is 0.502 e. The van der Waals surface area contributed by atoms with E-state index in [-0.39, 0.29) is 5.57 Å². The molecular formula is C13H10N2O3. The van der Waals surface area contributed by atoms with Crippen LogP contribution in [0.25, 0.3) is 16.5 Å². The molecule has 18 heavy (non-hydrogen) atoms. The SMILES string of the molecule is Cc1ccc2[nH]cc(C3=C(O)C(=O)NC3=O)c2c1. The van der Waals surface area contributed by atoms with E-state index in [1.165, 1.54) is 0 Å². The van der Waals surface area contributed by atoms with Crippen molar-refractivity contribution < 1.29 is 14.7 Å². The van der Waals surface area contributed by atoms with Crippen LogP contribution in [0.15, 0.2) is 30.2 Å². The molecule has 0 saturated carbocycles. The lowest BCUT2D eigenvalue weighted by Gasteiger charge is -1.99. The van der Waals surface area contributed by atoms with E-state index in [0.717, 1.165) is 16.5 Å². The number of benzene rings is 1. The van der Waals surface area contributed by atoms with Gasteiger partial charge in [-0.1, -0.05) is 11.6 Å². The summed E-state index contributed by atoms with van der Waals surface area (Å²) in [5.74, 6) is -1.85. The van der Waals surface area contributed by atoms with Crippen molar-refractivity contribution >= 4 is 28.3 Å². The molecule has 2 heterocycles. The van der Waals surface area contributed by atoms with Crippen molar-refractivity contribution in [2.24, 2.45) is 0 Å². The summed E-state index contributed by atoms with van der Waals surface area (Å²) in [5, 5.41) is 12.5. The lowest BCUT2D eigenvalue weighted by Crippen LogP contribution is -2.22. The molecule has 0 aliphatic carbocycles. The lowest BCUT2D eigenvalue weighted by molar-refractivity contribution is -0.124. The van der Waals surface area contributed by atoms with Crippen LogP contribution in [0.2, 0.25) is 0 Å². The van der Waals surface area contributed by atoms with Gasteiger partial charge in [-0.25, -0.2) is 0 Å². The van der Waals surface area contributed by atoms with E-state index in [4.69, 9.17) is 0 Å². The molecule has 1 aromatic carbocycles. The Labute approximate surface area is 102 Å². The first kappa shape index (κ1) is 10.6. The molecule has 90 valence electrons. The van der Waals surface area contributed by atoms with E-state index >= 15 is 0 Å². The van der Waals surface area contributed by atoms with Crippen LogP contribution in [0.3, 0.4) is 0 Å². The minimum Gasteiger partial charge on any atom is -0.502 e. The predicted octanol–water partition coefficient (Wildman–Crippen LogP) is 1.40. The van der Waals surface area contributed by atoms with Crippen molar-refractivity contribution in [3.05, 3.63) is 41.3 Å². The molecule has 1 aliphatic heterocycles. The Hall–Kier alpha value is -2.56. The maximum absolute atomic E-state index is 11.7. The van der Waals surface area contributed by atoms with Crippen LogP contribution in [0, 0.1) is 6.92 Å². The van der Waals surface area contributed by atoms with Crippen LogP contribution in [0.1, 0.15) is 11.1 Å². The maximum atomic E-state index is 11.7. The van der Waals surface area contributed by atoms with Crippen molar-refractivity contribution in [3.63, 3.8) is 0 Å². The highest BCUT2D eigenvalue weighted by atomic mass is 16.3. The van der Waals surface area contributed by atoms with Gasteiger partial charge in [-0.3, -0.25) is 14.9 Å². The number of imide groups is 1. The number of H-pyrrole nitrogens is 1. The van der Waals surface area contributed by atoms with Crippen LogP contribution < -0.4 is 5.32 Å². The van der Waals surface area contributed by atoms with Gasteiger partial charge in [0.1, 0.15) is 0 Å². The molecule has 0 bridgehead atoms. The number of amides is 2. The Balaban J connectivity index is 2.30. The number of aryl methyl sites for hydroxylation is 1. The van der Waals surface area contributed by atoms with Gasteiger partial charge in [0.05, 0.1) is 5.57 Å². The van der Waals surface area contributed by atoms with Crippen LogP contribution in [-0.2, 0) is 9.59 Å². The Morgan fingerprint density at radius 1 is 1.17 bits per heavy atom. The summed E-state index contributed by atoms with van der Waals surface area (Å²) in [4.78, 5) is 25.9. The molecule has 2 amide bonds. The first-order valence-electron chi connectivity index (χ1n) is 5.45. The number of aliphatic hydroxyl groups excluding tert-OH is 1. The van der Waals surface area contributed by atoms with Crippen LogP contribution in [0.5, 0.6) is 0 Å². The average Bonchev–Trinajstić information content (AvgIpc) is 2.82. The number of carbonyl (C=O) groups excluding carboxylic acids is 2. The van der Waals surface area contributed by atoms with E-state index in [0.29, 0.717) is 5.56 Å². The van der Waals surface area contributed by atoms with Crippen molar-refractivity contribution in [3.8, 4) is 0 Å². The number of nitrogens with one attached hydrogen (secondary N) is 2. The third-order valence-electron chi connectivity index (χ3n) is 3.01. The standard InChI is InChI=1S/C13H10N2O3/c1-6-2-3-9-7(4-6)8(5-14-9)10-11(16)13(18)15-12(10)17/h2-5,14H,1H3,(H2,15,16,17,18). The average molecular weight is 242 g/mol. The van der Waals surface area contributed by atoms with Crippen LogP contribution >= 0.6 is 0 Å². The molecule has 5 heteroatoms. The zero-order valence-corrected chi connectivity index (χ0v) is 9.57. The number of aromatic amines is 1. The van der Waals surface area contributed by atoms with Crippen molar-refractivity contribution in [1.82, 2.24) is 10.3 Å². The predicted molar refractivity (Wildman–Crippen MR) is 65.7 cm³/mol. The second kappa shape index (κ2) is 3.46. The van der Waals surface area contributed by atoms with E-state index in [1.807, 2.05) is 25.1 Å². The smallest absolute Gasteiger partial charge is 0.293 e. The van der Waals surface area contributed by atoms with Gasteiger partial charge in [0, 0.05) is 22.7 Å². The summed E-state index contributed by atoms with van der Waals surface area (Å²) >= 11 is 0. The van der Waals surface area contributed by atoms with Crippen molar-refractivity contribution in [2.45, 2.75) is 6.92 Å². The van der Waals surface area contributed by atoms with Gasteiger partial charge < -0.3 is 10.1 Å². The molecule has 3 N–H and O–H groups in total. The normalized spacial score (nSPS) is 15.6. The first-order valence-corrected chi connectivity index (χ1v) is 5.45. The van der Waals surface area contributed by atoms with Gasteiger partial charge in [-0.2, -0.15) is 0 Å². The van der Waals surface area contributed by atoms with Crippen molar-refractivity contribution in [2.75, 3.05) is 0 Å². The number of aliphatic hydroxyl groups is 1. The number of rotatable bonds is 1. The monoisotopic (exact) mass is 242 g/mol. The highest BCUT2D eigenvalue weighted by Crippen LogP contribution is 2.29. The molecule has 0 unspecified atom stereocenters. The van der Waals surface area contributed by atoms with E-state index in [2.05, 4.69) is 10.3 Å². The number of aromatic nitrogens is 1. The van der Waals surface area contributed by atoms with Crippen molar-refractivity contribution in [1.29, 1.82) is 0 Å². The number of hydrogen-bond donors (Lipinski definition) is 3. The van der Waals surface area contributed by atoms with E-state index in [1.54, 1.807) is 6.20 Å². The zero-order valence-electron chi connectivity index (χ0n) is 9.57. The van der Waals surface area contributed by atoms with Gasteiger partial charge in [-0.15, -0.1) is 0 Å². The lowest BCUT2D eigenvalue weighted by atomic mass is 10.0. The molecule has 3 rings (SSSR count). The third kappa shape index (κ3) is 1.34. The van der Waals surface area contributed by atoms with Gasteiger partial charge >= 0.3 is 0 Å². The second-order valence-corrected chi connectivity index (χ2v) is 4.26. The molecule has 2 aromatic rings. The molecule has 1 aliphatic rings. The van der Waals surface area contributed by atoms with E-state index < -0.39 is 17.6 Å². The Morgan fingerprint density at radius 3 is 2.61 bits per heavy atom. The molecule has 5 nitrogen and oxygen atoms in total. The number of fused-ring (bicyclic) bond motifs is 1. The second-order valence-electron chi connectivity index (χ2n) is 4.26. The zero-order chi connectivity index (χ0) is 12.9. The molecule has 0 fully saturated rings. The Bertz CT molecular complexity index is 725. The fourth-order valence-corrected chi connectivity index (χ4v) is 2.14. The van der Waals surface area contributed by atoms with Gasteiger partial charge in [0.25, 0.3) is 11.8 Å².